The predicted molar refractivity (Wildman–Crippen MR) is 101 cm³/mol. The van der Waals surface area contributed by atoms with Crippen LogP contribution in [-0.4, -0.2) is 29.0 Å². The maximum Gasteiger partial charge on any atom is 0.322 e. The fourth-order valence-corrected chi connectivity index (χ4v) is 2.95. The maximum absolute atomic E-state index is 12.0. The molecular weight excluding hydrogens is 374 g/mol. The number of halogens is 1. The molecule has 1 N–H and O–H groups in total. The number of methoxy groups -OCH3 is 1. The monoisotopic (exact) mass is 389 g/mol. The van der Waals surface area contributed by atoms with Gasteiger partial charge < -0.3 is 9.15 Å². The summed E-state index contributed by atoms with van der Waals surface area (Å²) in [4.78, 5) is 12.9. The Hall–Kier alpha value is -2.51. The van der Waals surface area contributed by atoms with Gasteiger partial charge in [-0.2, -0.15) is 0 Å². The molecule has 8 heteroatoms. The molecule has 26 heavy (non-hydrogen) atoms. The lowest BCUT2D eigenvalue weighted by molar-refractivity contribution is -0.113. The Balaban J connectivity index is 1.50. The summed E-state index contributed by atoms with van der Waals surface area (Å²) in [6.45, 7) is 0. The Morgan fingerprint density at radius 2 is 1.88 bits per heavy atom. The van der Waals surface area contributed by atoms with Crippen LogP contribution in [0.1, 0.15) is 11.5 Å². The van der Waals surface area contributed by atoms with Crippen molar-refractivity contribution in [1.82, 2.24) is 10.2 Å². The molecule has 1 aromatic heterocycles. The number of anilines is 1. The van der Waals surface area contributed by atoms with E-state index in [2.05, 4.69) is 15.5 Å². The number of hydrogen-bond donors (Lipinski definition) is 1. The van der Waals surface area contributed by atoms with E-state index in [0.29, 0.717) is 17.3 Å². The minimum Gasteiger partial charge on any atom is -0.497 e. The summed E-state index contributed by atoms with van der Waals surface area (Å²) in [6.07, 6.45) is 0.479. The molecule has 0 saturated heterocycles. The minimum atomic E-state index is -0.218. The third kappa shape index (κ3) is 5.24. The fraction of sp³-hybridized carbons (Fsp3) is 0.167. The molecule has 0 bridgehead atoms. The number of carbonyl (C=O) groups is 1. The third-order valence-corrected chi connectivity index (χ3v) is 4.68. The summed E-state index contributed by atoms with van der Waals surface area (Å²) < 4.78 is 10.6. The molecule has 0 fully saturated rings. The van der Waals surface area contributed by atoms with Crippen molar-refractivity contribution in [2.24, 2.45) is 0 Å². The molecule has 0 unspecified atom stereocenters. The summed E-state index contributed by atoms with van der Waals surface area (Å²) in [5, 5.41) is 11.1. The van der Waals surface area contributed by atoms with Crippen LogP contribution in [-0.2, 0) is 11.2 Å². The number of nitrogens with zero attached hydrogens (tertiary/aromatic N) is 2. The summed E-state index contributed by atoms with van der Waals surface area (Å²) in [6, 6.07) is 14.9. The van der Waals surface area contributed by atoms with E-state index in [4.69, 9.17) is 20.8 Å². The highest BCUT2D eigenvalue weighted by Crippen LogP contribution is 2.21. The summed E-state index contributed by atoms with van der Waals surface area (Å²) >= 11 is 7.23. The van der Waals surface area contributed by atoms with Gasteiger partial charge in [0.05, 0.1) is 19.3 Å². The van der Waals surface area contributed by atoms with Gasteiger partial charge in [0.2, 0.25) is 11.8 Å². The largest absolute Gasteiger partial charge is 0.497 e. The van der Waals surface area contributed by atoms with Crippen LogP contribution in [0.5, 0.6) is 5.75 Å². The van der Waals surface area contributed by atoms with E-state index in [-0.39, 0.29) is 17.7 Å². The number of aromatic nitrogens is 2. The minimum absolute atomic E-state index is 0.0928. The van der Waals surface area contributed by atoms with E-state index in [9.17, 15) is 4.79 Å². The van der Waals surface area contributed by atoms with Crippen molar-refractivity contribution in [3.63, 3.8) is 0 Å². The molecule has 6 nitrogen and oxygen atoms in total. The molecule has 0 aliphatic heterocycles. The smallest absolute Gasteiger partial charge is 0.322 e. The first-order chi connectivity index (χ1) is 12.6. The quantitative estimate of drug-likeness (QED) is 0.614. The van der Waals surface area contributed by atoms with Crippen LogP contribution in [0.2, 0.25) is 5.02 Å². The molecule has 0 aliphatic carbocycles. The lowest BCUT2D eigenvalue weighted by Crippen LogP contribution is -2.14. The third-order valence-electron chi connectivity index (χ3n) is 3.41. The number of carbonyl (C=O) groups excluding carboxylic acids is 1. The maximum atomic E-state index is 12.0. The van der Waals surface area contributed by atoms with Gasteiger partial charge >= 0.3 is 6.01 Å². The molecular formula is C18H16ClN3O3S. The zero-order valence-corrected chi connectivity index (χ0v) is 15.5. The van der Waals surface area contributed by atoms with E-state index in [1.165, 1.54) is 11.8 Å². The first-order valence-corrected chi connectivity index (χ1v) is 9.12. The van der Waals surface area contributed by atoms with E-state index >= 15 is 0 Å². The number of amides is 1. The van der Waals surface area contributed by atoms with E-state index < -0.39 is 0 Å². The van der Waals surface area contributed by atoms with E-state index in [1.807, 2.05) is 36.4 Å². The Bertz CT molecular complexity index is 866. The van der Waals surface area contributed by atoms with Gasteiger partial charge in [-0.3, -0.25) is 10.1 Å². The number of benzene rings is 2. The summed E-state index contributed by atoms with van der Waals surface area (Å²) in [5.74, 6) is 1.23. The summed E-state index contributed by atoms with van der Waals surface area (Å²) in [7, 11) is 1.62. The van der Waals surface area contributed by atoms with Crippen molar-refractivity contribution < 1.29 is 13.9 Å². The van der Waals surface area contributed by atoms with Crippen molar-refractivity contribution in [2.75, 3.05) is 18.2 Å². The second kappa shape index (κ2) is 8.73. The van der Waals surface area contributed by atoms with Crippen LogP contribution in [0.25, 0.3) is 0 Å². The lowest BCUT2D eigenvalue weighted by Gasteiger charge is -2.02. The number of nitrogens with one attached hydrogen (secondary N) is 1. The average molecular weight is 390 g/mol. The van der Waals surface area contributed by atoms with Crippen LogP contribution in [0.4, 0.5) is 6.01 Å². The predicted octanol–water partition coefficient (Wildman–Crippen LogP) is 4.05. The normalized spacial score (nSPS) is 10.5. The van der Waals surface area contributed by atoms with Crippen molar-refractivity contribution in [2.45, 2.75) is 11.3 Å². The highest BCUT2D eigenvalue weighted by atomic mass is 35.5. The molecule has 1 amide bonds. The Labute approximate surface area is 159 Å². The van der Waals surface area contributed by atoms with E-state index in [0.717, 1.165) is 16.2 Å². The van der Waals surface area contributed by atoms with Crippen molar-refractivity contribution in [3.8, 4) is 5.75 Å². The average Bonchev–Trinajstić information content (AvgIpc) is 3.08. The van der Waals surface area contributed by atoms with Crippen LogP contribution < -0.4 is 10.1 Å². The van der Waals surface area contributed by atoms with Gasteiger partial charge in [0, 0.05) is 9.92 Å². The number of thioether (sulfide) groups is 1. The van der Waals surface area contributed by atoms with Crippen molar-refractivity contribution in [1.29, 1.82) is 0 Å². The molecule has 0 saturated carbocycles. The molecule has 1 heterocycles. The molecule has 0 atom stereocenters. The first kappa shape index (κ1) is 18.3. The van der Waals surface area contributed by atoms with E-state index in [1.54, 1.807) is 19.2 Å². The number of ether oxygens (including phenoxy) is 1. The summed E-state index contributed by atoms with van der Waals surface area (Å²) in [5.41, 5.74) is 1.01. The van der Waals surface area contributed by atoms with Gasteiger partial charge in [-0.25, -0.2) is 0 Å². The van der Waals surface area contributed by atoms with Crippen LogP contribution in [0.15, 0.2) is 57.8 Å². The standard InChI is InChI=1S/C18H16ClN3O3S/c1-24-14-6-2-12(3-7-14)10-17-21-22-18(25-17)20-16(23)11-26-15-8-4-13(19)5-9-15/h2-9H,10-11H2,1H3,(H,20,22,23). The van der Waals surface area contributed by atoms with Gasteiger partial charge in [0.1, 0.15) is 5.75 Å². The Morgan fingerprint density at radius 1 is 1.15 bits per heavy atom. The van der Waals surface area contributed by atoms with Gasteiger partial charge in [-0.15, -0.1) is 16.9 Å². The lowest BCUT2D eigenvalue weighted by atomic mass is 10.1. The Morgan fingerprint density at radius 3 is 2.58 bits per heavy atom. The first-order valence-electron chi connectivity index (χ1n) is 7.76. The fourth-order valence-electron chi connectivity index (χ4n) is 2.13. The Kier molecular flexibility index (Phi) is 6.14. The molecule has 0 spiro atoms. The zero-order valence-electron chi connectivity index (χ0n) is 13.9. The van der Waals surface area contributed by atoms with Gasteiger partial charge in [-0.05, 0) is 42.0 Å². The second-order valence-electron chi connectivity index (χ2n) is 5.32. The van der Waals surface area contributed by atoms with Crippen LogP contribution in [0, 0.1) is 0 Å². The van der Waals surface area contributed by atoms with Crippen molar-refractivity contribution >= 4 is 35.3 Å². The van der Waals surface area contributed by atoms with Crippen molar-refractivity contribution in [3.05, 3.63) is 65.0 Å². The number of hydrogen-bond acceptors (Lipinski definition) is 6. The molecule has 0 radical (unpaired) electrons. The highest BCUT2D eigenvalue weighted by molar-refractivity contribution is 8.00. The van der Waals surface area contributed by atoms with Gasteiger partial charge in [0.25, 0.3) is 0 Å². The zero-order chi connectivity index (χ0) is 18.4. The molecule has 3 aromatic rings. The molecule has 0 aliphatic rings. The topological polar surface area (TPSA) is 77.3 Å². The molecule has 3 rings (SSSR count). The molecule has 134 valence electrons. The second-order valence-corrected chi connectivity index (χ2v) is 6.80. The SMILES string of the molecule is COc1ccc(Cc2nnc(NC(=O)CSc3ccc(Cl)cc3)o2)cc1. The van der Waals surface area contributed by atoms with Crippen LogP contribution in [0.3, 0.4) is 0 Å². The van der Waals surface area contributed by atoms with Crippen LogP contribution >= 0.6 is 23.4 Å². The highest BCUT2D eigenvalue weighted by Gasteiger charge is 2.11. The molecule has 2 aromatic carbocycles. The van der Waals surface area contributed by atoms with Gasteiger partial charge in [-0.1, -0.05) is 28.8 Å². The number of rotatable bonds is 7. The van der Waals surface area contributed by atoms with Gasteiger partial charge in [0.15, 0.2) is 0 Å².